The van der Waals surface area contributed by atoms with Gasteiger partial charge in [-0.2, -0.15) is 0 Å². The van der Waals surface area contributed by atoms with Crippen molar-refractivity contribution in [1.82, 2.24) is 0 Å². The monoisotopic (exact) mass is 288 g/mol. The lowest BCUT2D eigenvalue weighted by molar-refractivity contribution is 1.72. The Morgan fingerprint density at radius 2 is 1.69 bits per heavy atom. The summed E-state index contributed by atoms with van der Waals surface area (Å²) >= 11 is 5.34. The molecule has 0 aliphatic heterocycles. The van der Waals surface area contributed by atoms with Crippen LogP contribution in [-0.4, -0.2) is 0 Å². The van der Waals surface area contributed by atoms with Crippen molar-refractivity contribution < 1.29 is 0 Å². The predicted octanol–water partition coefficient (Wildman–Crippen LogP) is 5.33. The Kier molecular flexibility index (Phi) is 2.54. The van der Waals surface area contributed by atoms with E-state index in [-0.39, 0.29) is 0 Å². The van der Waals surface area contributed by atoms with E-state index in [2.05, 4.69) is 69.8 Å². The fraction of sp³-hybridized carbons (Fsp3) is 0. The SMILES string of the molecule is Brc1ccsc1-c1ccc2ccccc2c1. The molecule has 2 aromatic carbocycles. The molecule has 1 heterocycles. The van der Waals surface area contributed by atoms with Crippen molar-refractivity contribution in [1.29, 1.82) is 0 Å². The van der Waals surface area contributed by atoms with Crippen LogP contribution in [0.5, 0.6) is 0 Å². The highest BCUT2D eigenvalue weighted by atomic mass is 79.9. The minimum atomic E-state index is 1.17. The lowest BCUT2D eigenvalue weighted by Crippen LogP contribution is -1.75. The molecule has 0 spiro atoms. The molecule has 0 radical (unpaired) electrons. The Morgan fingerprint density at radius 1 is 0.875 bits per heavy atom. The number of hydrogen-bond acceptors (Lipinski definition) is 1. The molecular formula is C14H9BrS. The Hall–Kier alpha value is -1.12. The number of halogens is 1. The molecule has 78 valence electrons. The van der Waals surface area contributed by atoms with E-state index < -0.39 is 0 Å². The molecule has 0 bridgehead atoms. The fourth-order valence-corrected chi connectivity index (χ4v) is 3.43. The van der Waals surface area contributed by atoms with Gasteiger partial charge in [-0.05, 0) is 49.8 Å². The number of hydrogen-bond donors (Lipinski definition) is 0. The van der Waals surface area contributed by atoms with Gasteiger partial charge in [0.2, 0.25) is 0 Å². The fourth-order valence-electron chi connectivity index (χ4n) is 1.83. The van der Waals surface area contributed by atoms with Crippen LogP contribution in [0.1, 0.15) is 0 Å². The minimum absolute atomic E-state index is 1.17. The highest BCUT2D eigenvalue weighted by molar-refractivity contribution is 9.10. The van der Waals surface area contributed by atoms with Gasteiger partial charge in [0.25, 0.3) is 0 Å². The Morgan fingerprint density at radius 3 is 2.44 bits per heavy atom. The smallest absolute Gasteiger partial charge is 0.0485 e. The van der Waals surface area contributed by atoms with E-state index in [1.54, 1.807) is 11.3 Å². The maximum atomic E-state index is 3.58. The van der Waals surface area contributed by atoms with Crippen LogP contribution < -0.4 is 0 Å². The third kappa shape index (κ3) is 1.68. The van der Waals surface area contributed by atoms with Crippen molar-refractivity contribution in [3.63, 3.8) is 0 Å². The zero-order valence-corrected chi connectivity index (χ0v) is 10.9. The maximum Gasteiger partial charge on any atom is 0.0485 e. The van der Waals surface area contributed by atoms with Gasteiger partial charge in [0.05, 0.1) is 0 Å². The molecule has 16 heavy (non-hydrogen) atoms. The first-order chi connectivity index (χ1) is 7.84. The van der Waals surface area contributed by atoms with Crippen LogP contribution in [0, 0.1) is 0 Å². The summed E-state index contributed by atoms with van der Waals surface area (Å²) in [5.74, 6) is 0. The molecule has 0 unspecified atom stereocenters. The van der Waals surface area contributed by atoms with Crippen LogP contribution in [0.3, 0.4) is 0 Å². The summed E-state index contributed by atoms with van der Waals surface area (Å²) in [4.78, 5) is 1.30. The van der Waals surface area contributed by atoms with Crippen LogP contribution in [0.25, 0.3) is 21.2 Å². The second kappa shape index (κ2) is 4.04. The molecule has 0 fully saturated rings. The first-order valence-corrected chi connectivity index (χ1v) is 6.74. The van der Waals surface area contributed by atoms with Crippen molar-refractivity contribution in [2.75, 3.05) is 0 Å². The largest absolute Gasteiger partial charge is 0.143 e. The van der Waals surface area contributed by atoms with E-state index in [4.69, 9.17) is 0 Å². The van der Waals surface area contributed by atoms with Gasteiger partial charge in [-0.25, -0.2) is 0 Å². The summed E-state index contributed by atoms with van der Waals surface area (Å²) in [6.45, 7) is 0. The highest BCUT2D eigenvalue weighted by Gasteiger charge is 2.04. The quantitative estimate of drug-likeness (QED) is 0.568. The lowest BCUT2D eigenvalue weighted by atomic mass is 10.1. The summed E-state index contributed by atoms with van der Waals surface area (Å²) in [5, 5.41) is 4.69. The number of fused-ring (bicyclic) bond motifs is 1. The molecule has 2 heteroatoms. The molecule has 0 nitrogen and oxygen atoms in total. The highest BCUT2D eigenvalue weighted by Crippen LogP contribution is 2.34. The van der Waals surface area contributed by atoms with Gasteiger partial charge in [-0.15, -0.1) is 11.3 Å². The van der Waals surface area contributed by atoms with Crippen molar-refractivity contribution in [2.45, 2.75) is 0 Å². The Balaban J connectivity index is 2.23. The molecule has 0 aliphatic rings. The second-order valence-corrected chi connectivity index (χ2v) is 5.43. The topological polar surface area (TPSA) is 0 Å². The molecule has 0 amide bonds. The molecule has 3 aromatic rings. The summed E-state index contributed by atoms with van der Waals surface area (Å²) in [6, 6.07) is 17.1. The molecule has 0 saturated heterocycles. The van der Waals surface area contributed by atoms with Crippen LogP contribution in [0.15, 0.2) is 58.4 Å². The molecule has 3 rings (SSSR count). The van der Waals surface area contributed by atoms with Crippen molar-refractivity contribution in [3.8, 4) is 10.4 Å². The van der Waals surface area contributed by atoms with Crippen molar-refractivity contribution >= 4 is 38.0 Å². The summed E-state index contributed by atoms with van der Waals surface area (Å²) in [7, 11) is 0. The summed E-state index contributed by atoms with van der Waals surface area (Å²) in [5.41, 5.74) is 1.28. The third-order valence-corrected chi connectivity index (χ3v) is 4.52. The normalized spacial score (nSPS) is 10.8. The average Bonchev–Trinajstić information content (AvgIpc) is 2.75. The zero-order valence-electron chi connectivity index (χ0n) is 8.48. The molecule has 0 atom stereocenters. The summed E-state index contributed by atoms with van der Waals surface area (Å²) < 4.78 is 1.17. The molecular weight excluding hydrogens is 280 g/mol. The molecule has 0 N–H and O–H groups in total. The second-order valence-electron chi connectivity index (χ2n) is 3.66. The van der Waals surface area contributed by atoms with Gasteiger partial charge in [0.15, 0.2) is 0 Å². The Bertz CT molecular complexity index is 640. The van der Waals surface area contributed by atoms with Gasteiger partial charge >= 0.3 is 0 Å². The van der Waals surface area contributed by atoms with E-state index in [9.17, 15) is 0 Å². The Labute approximate surface area is 107 Å². The van der Waals surface area contributed by atoms with Gasteiger partial charge in [-0.1, -0.05) is 36.4 Å². The number of benzene rings is 2. The standard InChI is InChI=1S/C14H9BrS/c15-13-7-8-16-14(13)12-6-5-10-3-1-2-4-11(10)9-12/h1-9H. The number of thiophene rings is 1. The van der Waals surface area contributed by atoms with Gasteiger partial charge in [0, 0.05) is 9.35 Å². The molecule has 1 aromatic heterocycles. The first kappa shape index (κ1) is 10.1. The lowest BCUT2D eigenvalue weighted by Gasteiger charge is -2.02. The van der Waals surface area contributed by atoms with E-state index in [1.165, 1.54) is 25.7 Å². The van der Waals surface area contributed by atoms with Gasteiger partial charge in [0.1, 0.15) is 0 Å². The minimum Gasteiger partial charge on any atom is -0.143 e. The summed E-state index contributed by atoms with van der Waals surface area (Å²) in [6.07, 6.45) is 0. The van der Waals surface area contributed by atoms with Crippen LogP contribution in [-0.2, 0) is 0 Å². The van der Waals surface area contributed by atoms with E-state index in [0.29, 0.717) is 0 Å². The average molecular weight is 289 g/mol. The van der Waals surface area contributed by atoms with Crippen LogP contribution in [0.2, 0.25) is 0 Å². The van der Waals surface area contributed by atoms with Crippen LogP contribution >= 0.6 is 27.3 Å². The predicted molar refractivity (Wildman–Crippen MR) is 75.0 cm³/mol. The van der Waals surface area contributed by atoms with Crippen LogP contribution in [0.4, 0.5) is 0 Å². The third-order valence-electron chi connectivity index (χ3n) is 2.63. The van der Waals surface area contributed by atoms with E-state index >= 15 is 0 Å². The van der Waals surface area contributed by atoms with Gasteiger partial charge < -0.3 is 0 Å². The maximum absolute atomic E-state index is 3.58. The molecule has 0 saturated carbocycles. The molecule has 0 aliphatic carbocycles. The van der Waals surface area contributed by atoms with E-state index in [1.807, 2.05) is 0 Å². The van der Waals surface area contributed by atoms with Crippen molar-refractivity contribution in [2.24, 2.45) is 0 Å². The number of rotatable bonds is 1. The van der Waals surface area contributed by atoms with Gasteiger partial charge in [-0.3, -0.25) is 0 Å². The van der Waals surface area contributed by atoms with E-state index in [0.717, 1.165) is 0 Å². The van der Waals surface area contributed by atoms with Crippen molar-refractivity contribution in [3.05, 3.63) is 58.4 Å². The zero-order chi connectivity index (χ0) is 11.0. The first-order valence-electron chi connectivity index (χ1n) is 5.07.